The van der Waals surface area contributed by atoms with Crippen molar-refractivity contribution in [3.05, 3.63) is 12.2 Å². The SMILES string of the molecule is C=C1CCC2CC([C@@]3(C)CC[C@H](O)C[C@@H]3CCO)CCC12C. The minimum atomic E-state index is -0.148. The van der Waals surface area contributed by atoms with Gasteiger partial charge in [0.1, 0.15) is 0 Å². The molecule has 0 aromatic carbocycles. The van der Waals surface area contributed by atoms with Gasteiger partial charge in [0.05, 0.1) is 6.10 Å². The zero-order chi connectivity index (χ0) is 16.0. The van der Waals surface area contributed by atoms with Crippen LogP contribution in [-0.2, 0) is 0 Å². The van der Waals surface area contributed by atoms with Gasteiger partial charge in [0.25, 0.3) is 0 Å². The van der Waals surface area contributed by atoms with Gasteiger partial charge in [-0.3, -0.25) is 0 Å². The molecule has 0 amide bonds. The molecule has 2 nitrogen and oxygen atoms in total. The van der Waals surface area contributed by atoms with E-state index in [1.54, 1.807) is 0 Å². The Balaban J connectivity index is 1.76. The van der Waals surface area contributed by atoms with Crippen LogP contribution in [0, 0.1) is 28.6 Å². The molecular weight excluding hydrogens is 272 g/mol. The molecule has 0 heterocycles. The summed E-state index contributed by atoms with van der Waals surface area (Å²) >= 11 is 0. The fourth-order valence-corrected chi connectivity index (χ4v) is 6.07. The third kappa shape index (κ3) is 2.57. The Morgan fingerprint density at radius 1 is 1.09 bits per heavy atom. The fourth-order valence-electron chi connectivity index (χ4n) is 6.07. The zero-order valence-electron chi connectivity index (χ0n) is 14.5. The second-order valence-electron chi connectivity index (χ2n) is 8.87. The van der Waals surface area contributed by atoms with Gasteiger partial charge in [0.15, 0.2) is 0 Å². The molecule has 0 spiro atoms. The summed E-state index contributed by atoms with van der Waals surface area (Å²) in [7, 11) is 0. The Morgan fingerprint density at radius 3 is 2.59 bits per heavy atom. The topological polar surface area (TPSA) is 40.5 Å². The lowest BCUT2D eigenvalue weighted by molar-refractivity contribution is -0.0557. The van der Waals surface area contributed by atoms with Crippen LogP contribution in [-0.4, -0.2) is 22.9 Å². The van der Waals surface area contributed by atoms with Crippen LogP contribution in [0.4, 0.5) is 0 Å². The van der Waals surface area contributed by atoms with E-state index >= 15 is 0 Å². The van der Waals surface area contributed by atoms with E-state index in [9.17, 15) is 10.2 Å². The van der Waals surface area contributed by atoms with Crippen LogP contribution < -0.4 is 0 Å². The number of aliphatic hydroxyl groups is 2. The van der Waals surface area contributed by atoms with Crippen LogP contribution in [0.3, 0.4) is 0 Å². The highest BCUT2D eigenvalue weighted by atomic mass is 16.3. The van der Waals surface area contributed by atoms with E-state index in [-0.39, 0.29) is 12.7 Å². The first kappa shape index (κ1) is 16.5. The molecule has 3 aliphatic rings. The van der Waals surface area contributed by atoms with E-state index in [2.05, 4.69) is 20.4 Å². The number of rotatable bonds is 3. The number of aliphatic hydroxyl groups excluding tert-OH is 2. The predicted octanol–water partition coefficient (Wildman–Crippen LogP) is 4.31. The molecule has 2 N–H and O–H groups in total. The van der Waals surface area contributed by atoms with Crippen molar-refractivity contribution < 1.29 is 10.2 Å². The molecule has 0 aliphatic heterocycles. The molecule has 3 rings (SSSR count). The summed E-state index contributed by atoms with van der Waals surface area (Å²) in [5.41, 5.74) is 2.20. The van der Waals surface area contributed by atoms with Crippen molar-refractivity contribution in [3.8, 4) is 0 Å². The average molecular weight is 306 g/mol. The van der Waals surface area contributed by atoms with Crippen LogP contribution in [0.25, 0.3) is 0 Å². The van der Waals surface area contributed by atoms with Crippen LogP contribution in [0.1, 0.15) is 71.6 Å². The first-order valence-electron chi connectivity index (χ1n) is 9.37. The highest BCUT2D eigenvalue weighted by molar-refractivity contribution is 5.19. The Hall–Kier alpha value is -0.340. The van der Waals surface area contributed by atoms with Crippen molar-refractivity contribution >= 4 is 0 Å². The van der Waals surface area contributed by atoms with E-state index in [0.29, 0.717) is 16.7 Å². The molecule has 3 saturated carbocycles. The summed E-state index contributed by atoms with van der Waals surface area (Å²) in [5.74, 6) is 2.07. The summed E-state index contributed by atoms with van der Waals surface area (Å²) in [5, 5.41) is 19.5. The summed E-state index contributed by atoms with van der Waals surface area (Å²) in [6.07, 6.45) is 10.2. The van der Waals surface area contributed by atoms with Crippen molar-refractivity contribution in [2.45, 2.75) is 77.7 Å². The maximum Gasteiger partial charge on any atom is 0.0543 e. The van der Waals surface area contributed by atoms with Gasteiger partial charge in [-0.05, 0) is 86.4 Å². The van der Waals surface area contributed by atoms with Crippen molar-refractivity contribution in [2.75, 3.05) is 6.61 Å². The Bertz CT molecular complexity index is 431. The van der Waals surface area contributed by atoms with E-state index in [0.717, 1.165) is 37.5 Å². The smallest absolute Gasteiger partial charge is 0.0543 e. The van der Waals surface area contributed by atoms with Gasteiger partial charge in [0, 0.05) is 6.61 Å². The summed E-state index contributed by atoms with van der Waals surface area (Å²) in [6, 6.07) is 0. The van der Waals surface area contributed by atoms with E-state index in [1.165, 1.54) is 37.7 Å². The molecule has 0 bridgehead atoms. The number of allylic oxidation sites excluding steroid dienone is 1. The molecule has 3 fully saturated rings. The van der Waals surface area contributed by atoms with Gasteiger partial charge >= 0.3 is 0 Å². The minimum absolute atomic E-state index is 0.148. The Morgan fingerprint density at radius 2 is 1.86 bits per heavy atom. The Kier molecular flexibility index (Phi) is 4.46. The van der Waals surface area contributed by atoms with E-state index < -0.39 is 0 Å². The first-order valence-corrected chi connectivity index (χ1v) is 9.37. The molecule has 0 saturated heterocycles. The van der Waals surface area contributed by atoms with Gasteiger partial charge < -0.3 is 10.2 Å². The van der Waals surface area contributed by atoms with Crippen LogP contribution >= 0.6 is 0 Å². The molecule has 0 aromatic rings. The maximum atomic E-state index is 10.1. The first-order chi connectivity index (χ1) is 10.4. The molecule has 22 heavy (non-hydrogen) atoms. The number of fused-ring (bicyclic) bond motifs is 1. The molecule has 3 aliphatic carbocycles. The normalized spacial score (nSPS) is 49.2. The lowest BCUT2D eigenvalue weighted by Crippen LogP contribution is -2.45. The van der Waals surface area contributed by atoms with Crippen LogP contribution in [0.5, 0.6) is 0 Å². The van der Waals surface area contributed by atoms with Crippen molar-refractivity contribution in [1.29, 1.82) is 0 Å². The zero-order valence-corrected chi connectivity index (χ0v) is 14.5. The van der Waals surface area contributed by atoms with Crippen LogP contribution in [0.2, 0.25) is 0 Å². The molecule has 3 unspecified atom stereocenters. The minimum Gasteiger partial charge on any atom is -0.396 e. The van der Waals surface area contributed by atoms with Crippen molar-refractivity contribution in [1.82, 2.24) is 0 Å². The monoisotopic (exact) mass is 306 g/mol. The predicted molar refractivity (Wildman–Crippen MR) is 90.5 cm³/mol. The molecule has 0 aromatic heterocycles. The average Bonchev–Trinajstić information content (AvgIpc) is 2.79. The van der Waals surface area contributed by atoms with Crippen molar-refractivity contribution in [2.24, 2.45) is 28.6 Å². The molecule has 2 heteroatoms. The highest BCUT2D eigenvalue weighted by Gasteiger charge is 2.51. The molecular formula is C20H34O2. The third-order valence-electron chi connectivity index (χ3n) is 8.00. The summed E-state index contributed by atoms with van der Waals surface area (Å²) in [4.78, 5) is 0. The number of hydrogen-bond donors (Lipinski definition) is 2. The molecule has 126 valence electrons. The lowest BCUT2D eigenvalue weighted by atomic mass is 9.52. The lowest BCUT2D eigenvalue weighted by Gasteiger charge is -2.53. The molecule has 6 atom stereocenters. The Labute approximate surface area is 136 Å². The standard InChI is InChI=1S/C20H34O2/c1-14-4-5-15-12-16(6-9-19(14,15)2)20(3)10-7-18(22)13-17(20)8-11-21/h15-18,21-22H,1,4-13H2,2-3H3/t15?,16?,17-,18-,19?,20+/m0/s1. The van der Waals surface area contributed by atoms with E-state index in [1.807, 2.05) is 0 Å². The van der Waals surface area contributed by atoms with Gasteiger partial charge in [0.2, 0.25) is 0 Å². The van der Waals surface area contributed by atoms with Crippen molar-refractivity contribution in [3.63, 3.8) is 0 Å². The maximum absolute atomic E-state index is 10.1. The fraction of sp³-hybridized carbons (Fsp3) is 0.900. The van der Waals surface area contributed by atoms with Gasteiger partial charge in [-0.2, -0.15) is 0 Å². The largest absolute Gasteiger partial charge is 0.396 e. The second kappa shape index (κ2) is 5.94. The van der Waals surface area contributed by atoms with E-state index in [4.69, 9.17) is 0 Å². The van der Waals surface area contributed by atoms with Crippen LogP contribution in [0.15, 0.2) is 12.2 Å². The summed E-state index contributed by atoms with van der Waals surface area (Å²) < 4.78 is 0. The van der Waals surface area contributed by atoms with Gasteiger partial charge in [-0.15, -0.1) is 0 Å². The number of hydrogen-bond acceptors (Lipinski definition) is 2. The van der Waals surface area contributed by atoms with Gasteiger partial charge in [-0.1, -0.05) is 26.0 Å². The summed E-state index contributed by atoms with van der Waals surface area (Å²) in [6.45, 7) is 9.52. The third-order valence-corrected chi connectivity index (χ3v) is 8.00. The highest BCUT2D eigenvalue weighted by Crippen LogP contribution is 2.61. The molecule has 0 radical (unpaired) electrons. The second-order valence-corrected chi connectivity index (χ2v) is 8.87. The quantitative estimate of drug-likeness (QED) is 0.763. The van der Waals surface area contributed by atoms with Gasteiger partial charge in [-0.25, -0.2) is 0 Å².